The van der Waals surface area contributed by atoms with Crippen LogP contribution in [0.25, 0.3) is 0 Å². The van der Waals surface area contributed by atoms with Crippen molar-refractivity contribution < 1.29 is 4.74 Å². The maximum absolute atomic E-state index is 5.94. The smallest absolute Gasteiger partial charge is 0.167 e. The van der Waals surface area contributed by atoms with Crippen LogP contribution in [-0.2, 0) is 11.8 Å². The summed E-state index contributed by atoms with van der Waals surface area (Å²) in [5, 5.41) is 5.40. The summed E-state index contributed by atoms with van der Waals surface area (Å²) in [6.45, 7) is 3.20. The van der Waals surface area contributed by atoms with Crippen LogP contribution < -0.4 is 5.73 Å². The van der Waals surface area contributed by atoms with Crippen molar-refractivity contribution in [2.24, 2.45) is 12.0 Å². The molecule has 1 unspecified atom stereocenters. The molecule has 4 rings (SSSR count). The monoisotopic (exact) mass is 318 g/mol. The van der Waals surface area contributed by atoms with Crippen LogP contribution in [0.5, 0.6) is 0 Å². The fourth-order valence-corrected chi connectivity index (χ4v) is 5.16. The number of morpholine rings is 1. The summed E-state index contributed by atoms with van der Waals surface area (Å²) in [6, 6.07) is 2.00. The Hall–Kier alpha value is -2.06. The van der Waals surface area contributed by atoms with Gasteiger partial charge < -0.3 is 15.4 Å². The van der Waals surface area contributed by atoms with Crippen molar-refractivity contribution in [3.63, 3.8) is 0 Å². The van der Waals surface area contributed by atoms with Gasteiger partial charge in [0.15, 0.2) is 11.0 Å². The van der Waals surface area contributed by atoms with Crippen LogP contribution in [0.4, 0.5) is 11.5 Å². The van der Waals surface area contributed by atoms with E-state index < -0.39 is 10.9 Å². The Morgan fingerprint density at radius 1 is 1.27 bits per heavy atom. The van der Waals surface area contributed by atoms with E-state index in [0.717, 1.165) is 42.2 Å². The highest BCUT2D eigenvalue weighted by Crippen LogP contribution is 2.55. The molecule has 1 fully saturated rings. The van der Waals surface area contributed by atoms with Crippen LogP contribution >= 0.6 is 10.9 Å². The molecule has 4 heterocycles. The zero-order chi connectivity index (χ0) is 15.1. The maximum atomic E-state index is 5.94. The van der Waals surface area contributed by atoms with Gasteiger partial charge in [-0.3, -0.25) is 4.68 Å². The van der Waals surface area contributed by atoms with E-state index in [-0.39, 0.29) is 0 Å². The lowest BCUT2D eigenvalue weighted by atomic mass is 10.4. The van der Waals surface area contributed by atoms with Gasteiger partial charge in [-0.2, -0.15) is 5.10 Å². The summed E-state index contributed by atoms with van der Waals surface area (Å²) in [5.74, 6) is 0.783. The molecule has 0 bridgehead atoms. The molecule has 1 saturated heterocycles. The number of thiol groups is 1. The molecule has 7 nitrogen and oxygen atoms in total. The van der Waals surface area contributed by atoms with Gasteiger partial charge in [-0.1, -0.05) is 0 Å². The normalized spacial score (nSPS) is 22.5. The molecule has 0 aliphatic carbocycles. The molecular formula is C14H18N6OS. The summed E-state index contributed by atoms with van der Waals surface area (Å²) in [5.41, 5.74) is 6.62. The Bertz CT molecular complexity index is 737. The molecule has 0 radical (unpaired) electrons. The second-order valence-electron chi connectivity index (χ2n) is 5.33. The van der Waals surface area contributed by atoms with Gasteiger partial charge in [-0.15, -0.1) is 10.9 Å². The number of amidine groups is 1. The molecule has 2 N–H and O–H groups in total. The van der Waals surface area contributed by atoms with Gasteiger partial charge in [0.1, 0.15) is 0 Å². The fraction of sp³-hybridized carbons (Fsp3) is 0.357. The molecule has 0 amide bonds. The topological polar surface area (TPSA) is 81.6 Å². The van der Waals surface area contributed by atoms with E-state index in [9.17, 15) is 0 Å². The first-order valence-electron chi connectivity index (χ1n) is 7.18. The number of nitrogens with zero attached hydrogens (tertiary/aromatic N) is 5. The number of anilines is 1. The zero-order valence-corrected chi connectivity index (χ0v) is 13.2. The largest absolute Gasteiger partial charge is 0.397 e. The number of aryl methyl sites for hydroxylation is 1. The molecule has 116 valence electrons. The average Bonchev–Trinajstić information content (AvgIpc) is 3.11. The second kappa shape index (κ2) is 5.29. The number of nitrogen functional groups attached to an aromatic ring is 1. The van der Waals surface area contributed by atoms with Crippen LogP contribution in [0.1, 0.15) is 0 Å². The van der Waals surface area contributed by atoms with Gasteiger partial charge in [0.25, 0.3) is 0 Å². The highest BCUT2D eigenvalue weighted by molar-refractivity contribution is 8.30. The third-order valence-corrected chi connectivity index (χ3v) is 6.10. The first-order valence-corrected chi connectivity index (χ1v) is 8.52. The SMILES string of the molecule is Cn1cc([SH]2C(N3CCOCC3)=Nc3ncc(N)cc32)cn1. The van der Waals surface area contributed by atoms with Crippen molar-refractivity contribution in [3.05, 3.63) is 24.7 Å². The number of fused-ring (bicyclic) bond motifs is 1. The molecule has 2 aliphatic heterocycles. The lowest BCUT2D eigenvalue weighted by Gasteiger charge is -2.32. The van der Waals surface area contributed by atoms with Gasteiger partial charge in [0.2, 0.25) is 0 Å². The summed E-state index contributed by atoms with van der Waals surface area (Å²) in [6.07, 6.45) is 5.64. The standard InChI is InChI=1S/C14H18N6OS/c1-19-9-11(8-17-19)22-12-6-10(15)7-16-13(12)18-14(22)20-2-4-21-5-3-20/h6-9,22H,2-5,15H2,1H3. The number of pyridine rings is 1. The Balaban J connectivity index is 1.79. The Labute approximate surface area is 131 Å². The molecule has 8 heteroatoms. The number of ether oxygens (including phenoxy) is 1. The van der Waals surface area contributed by atoms with Crippen molar-refractivity contribution in [1.29, 1.82) is 0 Å². The van der Waals surface area contributed by atoms with Gasteiger partial charge in [0.05, 0.1) is 31.3 Å². The van der Waals surface area contributed by atoms with Gasteiger partial charge in [-0.25, -0.2) is 9.98 Å². The van der Waals surface area contributed by atoms with Crippen LogP contribution in [0.15, 0.2) is 39.4 Å². The minimum absolute atomic E-state index is 0.675. The van der Waals surface area contributed by atoms with E-state index in [0.29, 0.717) is 5.69 Å². The molecular weight excluding hydrogens is 300 g/mol. The first kappa shape index (κ1) is 13.6. The van der Waals surface area contributed by atoms with Crippen molar-refractivity contribution in [1.82, 2.24) is 19.7 Å². The Kier molecular flexibility index (Phi) is 3.27. The number of hydrogen-bond acceptors (Lipinski definition) is 6. The van der Waals surface area contributed by atoms with Crippen LogP contribution in [-0.4, -0.2) is 51.1 Å². The summed E-state index contributed by atoms with van der Waals surface area (Å²) in [4.78, 5) is 13.8. The highest BCUT2D eigenvalue weighted by Gasteiger charge is 2.32. The fourth-order valence-electron chi connectivity index (χ4n) is 2.72. The maximum Gasteiger partial charge on any atom is 0.167 e. The predicted octanol–water partition coefficient (Wildman–Crippen LogP) is 1.15. The molecule has 2 aromatic heterocycles. The van der Waals surface area contributed by atoms with Crippen molar-refractivity contribution in [3.8, 4) is 0 Å². The Morgan fingerprint density at radius 3 is 2.82 bits per heavy atom. The third-order valence-electron chi connectivity index (χ3n) is 3.76. The number of rotatable bonds is 1. The molecule has 22 heavy (non-hydrogen) atoms. The van der Waals surface area contributed by atoms with Crippen LogP contribution in [0.3, 0.4) is 0 Å². The van der Waals surface area contributed by atoms with Crippen molar-refractivity contribution >= 4 is 27.6 Å². The number of aliphatic imine (C=N–C) groups is 1. The third kappa shape index (κ3) is 2.24. The Morgan fingerprint density at radius 2 is 2.09 bits per heavy atom. The van der Waals surface area contributed by atoms with E-state index in [2.05, 4.69) is 21.2 Å². The zero-order valence-electron chi connectivity index (χ0n) is 12.3. The molecule has 0 aromatic carbocycles. The summed E-state index contributed by atoms with van der Waals surface area (Å²) >= 11 is 0. The van der Waals surface area contributed by atoms with Gasteiger partial charge in [-0.05, 0) is 6.07 Å². The van der Waals surface area contributed by atoms with Crippen LogP contribution in [0.2, 0.25) is 0 Å². The molecule has 0 saturated carbocycles. The quantitative estimate of drug-likeness (QED) is 0.771. The van der Waals surface area contributed by atoms with Crippen LogP contribution in [0, 0.1) is 0 Å². The first-order chi connectivity index (χ1) is 10.7. The lowest BCUT2D eigenvalue weighted by Crippen LogP contribution is -2.40. The molecule has 1 atom stereocenters. The van der Waals surface area contributed by atoms with E-state index in [1.807, 2.05) is 24.0 Å². The minimum atomic E-state index is -0.743. The molecule has 2 aliphatic rings. The van der Waals surface area contributed by atoms with E-state index in [4.69, 9.17) is 15.5 Å². The summed E-state index contributed by atoms with van der Waals surface area (Å²) < 4.78 is 7.28. The molecule has 2 aromatic rings. The minimum Gasteiger partial charge on any atom is -0.397 e. The number of hydrogen-bond donors (Lipinski definition) is 2. The van der Waals surface area contributed by atoms with Gasteiger partial charge >= 0.3 is 0 Å². The second-order valence-corrected chi connectivity index (χ2v) is 7.40. The van der Waals surface area contributed by atoms with Gasteiger partial charge in [0, 0.05) is 36.1 Å². The van der Waals surface area contributed by atoms with E-state index in [1.165, 1.54) is 4.90 Å². The van der Waals surface area contributed by atoms with Crippen molar-refractivity contribution in [2.45, 2.75) is 9.79 Å². The average molecular weight is 318 g/mol. The number of aromatic nitrogens is 3. The lowest BCUT2D eigenvalue weighted by molar-refractivity contribution is 0.0693. The highest BCUT2D eigenvalue weighted by atomic mass is 32.2. The number of nitrogens with two attached hydrogens (primary N) is 1. The van der Waals surface area contributed by atoms with E-state index >= 15 is 0 Å². The van der Waals surface area contributed by atoms with Crippen molar-refractivity contribution in [2.75, 3.05) is 32.0 Å². The molecule has 0 spiro atoms. The summed E-state index contributed by atoms with van der Waals surface area (Å²) in [7, 11) is 1.19. The van der Waals surface area contributed by atoms with E-state index in [1.54, 1.807) is 6.20 Å². The predicted molar refractivity (Wildman–Crippen MR) is 86.9 cm³/mol.